The van der Waals surface area contributed by atoms with Crippen LogP contribution in [0.3, 0.4) is 0 Å². The third kappa shape index (κ3) is 7.15. The Kier molecular flexibility index (Phi) is 8.75. The number of nitrogens with zero attached hydrogens (tertiary/aromatic N) is 6. The molecule has 0 aliphatic rings. The molecule has 0 radical (unpaired) electrons. The maximum Gasteiger partial charge on any atom is 0.334 e. The topological polar surface area (TPSA) is 89.1 Å². The highest BCUT2D eigenvalue weighted by atomic mass is 31.2. The first-order valence-corrected chi connectivity index (χ1v) is 13.1. The average Bonchev–Trinajstić information content (AvgIpc) is 3.66. The van der Waals surface area contributed by atoms with Gasteiger partial charge in [0.1, 0.15) is 42.5 Å². The summed E-state index contributed by atoms with van der Waals surface area (Å²) in [6.07, 6.45) is 5.70. The molecule has 12 heteroatoms. The number of hydrogen-bond donors (Lipinski definition) is 0. The molecule has 0 aliphatic carbocycles. The molecule has 0 atom stereocenters. The molecule has 2 aromatic heterocycles. The minimum absolute atomic E-state index is 0.00234. The van der Waals surface area contributed by atoms with E-state index in [0.29, 0.717) is 0 Å². The van der Waals surface area contributed by atoms with Gasteiger partial charge in [0.25, 0.3) is 0 Å². The van der Waals surface area contributed by atoms with Crippen LogP contribution in [0.2, 0.25) is 0 Å². The van der Waals surface area contributed by atoms with Crippen molar-refractivity contribution in [2.45, 2.75) is 31.9 Å². The first-order valence-electron chi connectivity index (χ1n) is 12.0. The maximum absolute atomic E-state index is 15.5. The minimum Gasteiger partial charge on any atom is -0.307 e. The Labute approximate surface area is 225 Å². The molecule has 200 valence electrons. The Morgan fingerprint density at radius 1 is 0.718 bits per heavy atom. The molecule has 0 saturated heterocycles. The van der Waals surface area contributed by atoms with E-state index in [4.69, 9.17) is 13.6 Å². The van der Waals surface area contributed by atoms with Crippen molar-refractivity contribution in [2.24, 2.45) is 0 Å². The number of hydrogen-bond acceptors (Lipinski definition) is 7. The first kappa shape index (κ1) is 26.7. The molecule has 0 spiro atoms. The van der Waals surface area contributed by atoms with E-state index in [1.165, 1.54) is 46.8 Å². The standard InChI is InChI=1S/C27H25F2N6O3P/c28-24-11-12-25(26(29)13-24)27(16-34-20-30-18-32-34,17-35-21-31-19-33-35)38-39(36-14-22-7-3-1-4-8-22)37-15-23-9-5-2-6-10-23/h1-13,18-21H,14-17H2. The Hall–Kier alpha value is -3.89. The van der Waals surface area contributed by atoms with Crippen molar-refractivity contribution in [1.29, 1.82) is 0 Å². The van der Waals surface area contributed by atoms with E-state index in [9.17, 15) is 4.39 Å². The molecule has 0 N–H and O–H groups in total. The van der Waals surface area contributed by atoms with Gasteiger partial charge in [0.15, 0.2) is 0 Å². The van der Waals surface area contributed by atoms with Crippen molar-refractivity contribution in [2.75, 3.05) is 0 Å². The fraction of sp³-hybridized carbons (Fsp3) is 0.185. The molecule has 0 amide bonds. The van der Waals surface area contributed by atoms with Crippen LogP contribution in [0.15, 0.2) is 104 Å². The molecule has 3 aromatic carbocycles. The smallest absolute Gasteiger partial charge is 0.307 e. The SMILES string of the molecule is Fc1ccc(C(Cn2cncn2)(Cn2cncn2)OP(OCc2ccccc2)OCc2ccccc2)c(F)c1. The first-order chi connectivity index (χ1) is 19.1. The van der Waals surface area contributed by atoms with Crippen LogP contribution >= 0.6 is 8.60 Å². The van der Waals surface area contributed by atoms with E-state index in [-0.39, 0.29) is 31.9 Å². The van der Waals surface area contributed by atoms with Gasteiger partial charge in [0.05, 0.1) is 26.3 Å². The zero-order valence-electron chi connectivity index (χ0n) is 20.8. The predicted octanol–water partition coefficient (Wildman–Crippen LogP) is 5.42. The lowest BCUT2D eigenvalue weighted by atomic mass is 9.93. The van der Waals surface area contributed by atoms with Crippen LogP contribution in [0.5, 0.6) is 0 Å². The molecular weight excluding hydrogens is 525 g/mol. The van der Waals surface area contributed by atoms with Crippen molar-refractivity contribution in [3.05, 3.63) is 132 Å². The van der Waals surface area contributed by atoms with Crippen LogP contribution in [0, 0.1) is 11.6 Å². The zero-order chi connectivity index (χ0) is 26.9. The molecule has 39 heavy (non-hydrogen) atoms. The van der Waals surface area contributed by atoms with Crippen molar-refractivity contribution >= 4 is 8.60 Å². The average molecular weight is 551 g/mol. The summed E-state index contributed by atoms with van der Waals surface area (Å²) in [5, 5.41) is 8.41. The Balaban J connectivity index is 1.53. The summed E-state index contributed by atoms with van der Waals surface area (Å²) in [5.74, 6) is -1.51. The molecule has 9 nitrogen and oxygen atoms in total. The quantitative estimate of drug-likeness (QED) is 0.181. The van der Waals surface area contributed by atoms with Crippen LogP contribution in [-0.2, 0) is 45.5 Å². The summed E-state index contributed by atoms with van der Waals surface area (Å²) in [6, 6.07) is 22.4. The van der Waals surface area contributed by atoms with E-state index in [0.717, 1.165) is 17.2 Å². The van der Waals surface area contributed by atoms with Gasteiger partial charge in [-0.05, 0) is 17.2 Å². The van der Waals surface area contributed by atoms with Crippen molar-refractivity contribution in [1.82, 2.24) is 29.5 Å². The van der Waals surface area contributed by atoms with E-state index < -0.39 is 25.8 Å². The summed E-state index contributed by atoms with van der Waals surface area (Å²) in [6.45, 7) is 0.376. The van der Waals surface area contributed by atoms with Crippen molar-refractivity contribution in [3.63, 3.8) is 0 Å². The monoisotopic (exact) mass is 550 g/mol. The fourth-order valence-electron chi connectivity index (χ4n) is 3.97. The largest absolute Gasteiger partial charge is 0.334 e. The molecule has 0 fully saturated rings. The van der Waals surface area contributed by atoms with Gasteiger partial charge in [-0.1, -0.05) is 66.7 Å². The van der Waals surface area contributed by atoms with Crippen LogP contribution < -0.4 is 0 Å². The Morgan fingerprint density at radius 2 is 1.26 bits per heavy atom. The second-order valence-corrected chi connectivity index (χ2v) is 9.78. The highest BCUT2D eigenvalue weighted by Gasteiger charge is 2.42. The third-order valence-electron chi connectivity index (χ3n) is 5.80. The molecule has 5 aromatic rings. The summed E-state index contributed by atoms with van der Waals surface area (Å²) >= 11 is 0. The van der Waals surface area contributed by atoms with E-state index in [2.05, 4.69) is 20.2 Å². The van der Waals surface area contributed by atoms with Crippen molar-refractivity contribution < 1.29 is 22.4 Å². The lowest BCUT2D eigenvalue weighted by Crippen LogP contribution is -2.39. The second-order valence-electron chi connectivity index (χ2n) is 8.64. The molecule has 0 bridgehead atoms. The lowest BCUT2D eigenvalue weighted by Gasteiger charge is -2.36. The summed E-state index contributed by atoms with van der Waals surface area (Å²) in [5.41, 5.74) is 0.387. The molecule has 0 unspecified atom stereocenters. The van der Waals surface area contributed by atoms with Gasteiger partial charge in [-0.3, -0.25) is 4.52 Å². The number of rotatable bonds is 13. The molecular formula is C27H25F2N6O3P. The number of benzene rings is 3. The second kappa shape index (κ2) is 12.8. The van der Waals surface area contributed by atoms with Crippen LogP contribution in [0.25, 0.3) is 0 Å². The van der Waals surface area contributed by atoms with Gasteiger partial charge in [0, 0.05) is 11.6 Å². The van der Waals surface area contributed by atoms with E-state index >= 15 is 4.39 Å². The Bertz CT molecular complexity index is 1350. The van der Waals surface area contributed by atoms with Gasteiger partial charge in [0.2, 0.25) is 0 Å². The molecule has 2 heterocycles. The van der Waals surface area contributed by atoms with Crippen LogP contribution in [0.4, 0.5) is 8.78 Å². The van der Waals surface area contributed by atoms with Gasteiger partial charge in [-0.15, -0.1) is 0 Å². The number of halogens is 2. The van der Waals surface area contributed by atoms with E-state index in [1.807, 2.05) is 60.7 Å². The normalized spacial score (nSPS) is 11.8. The predicted molar refractivity (Wildman–Crippen MR) is 139 cm³/mol. The summed E-state index contributed by atoms with van der Waals surface area (Å²) in [4.78, 5) is 8.03. The maximum atomic E-state index is 15.5. The van der Waals surface area contributed by atoms with Gasteiger partial charge in [-0.2, -0.15) is 10.2 Å². The fourth-order valence-corrected chi connectivity index (χ4v) is 5.16. The number of aromatic nitrogens is 6. The van der Waals surface area contributed by atoms with Crippen molar-refractivity contribution in [3.8, 4) is 0 Å². The highest BCUT2D eigenvalue weighted by Crippen LogP contribution is 2.50. The minimum atomic E-state index is -2.09. The Morgan fingerprint density at radius 3 is 1.72 bits per heavy atom. The molecule has 5 rings (SSSR count). The van der Waals surface area contributed by atoms with Gasteiger partial charge >= 0.3 is 8.60 Å². The van der Waals surface area contributed by atoms with Gasteiger partial charge in [-0.25, -0.2) is 28.1 Å². The summed E-state index contributed by atoms with van der Waals surface area (Å²) in [7, 11) is -2.09. The molecule has 0 aliphatic heterocycles. The zero-order valence-corrected chi connectivity index (χ0v) is 21.6. The molecule has 0 saturated carbocycles. The van der Waals surface area contributed by atoms with Crippen LogP contribution in [0.1, 0.15) is 16.7 Å². The lowest BCUT2D eigenvalue weighted by molar-refractivity contribution is -0.00945. The summed E-state index contributed by atoms with van der Waals surface area (Å²) < 4.78 is 51.4. The van der Waals surface area contributed by atoms with Gasteiger partial charge < -0.3 is 9.05 Å². The third-order valence-corrected chi connectivity index (χ3v) is 6.98. The van der Waals surface area contributed by atoms with E-state index in [1.54, 1.807) is 0 Å². The van der Waals surface area contributed by atoms with Crippen LogP contribution in [-0.4, -0.2) is 29.5 Å². The highest BCUT2D eigenvalue weighted by molar-refractivity contribution is 7.41.